The van der Waals surface area contributed by atoms with Gasteiger partial charge in [0.25, 0.3) is 0 Å². The van der Waals surface area contributed by atoms with Gasteiger partial charge in [0, 0.05) is 16.8 Å². The van der Waals surface area contributed by atoms with Crippen molar-refractivity contribution in [3.05, 3.63) is 27.7 Å². The quantitative estimate of drug-likeness (QED) is 0.736. The number of benzene rings is 1. The van der Waals surface area contributed by atoms with Crippen molar-refractivity contribution in [2.24, 2.45) is 4.99 Å². The molecule has 0 radical (unpaired) electrons. The van der Waals surface area contributed by atoms with E-state index in [1.165, 1.54) is 18.3 Å². The average molecular weight is 278 g/mol. The van der Waals surface area contributed by atoms with E-state index in [2.05, 4.69) is 4.99 Å². The van der Waals surface area contributed by atoms with Gasteiger partial charge in [-0.3, -0.25) is 4.99 Å². The summed E-state index contributed by atoms with van der Waals surface area (Å²) in [7, 11) is 0. The molecule has 4 nitrogen and oxygen atoms in total. The number of aromatic hydroxyl groups is 1. The molecule has 0 saturated heterocycles. The van der Waals surface area contributed by atoms with Crippen LogP contribution in [-0.2, 0) is 0 Å². The third kappa shape index (κ3) is 3.57. The fourth-order valence-electron chi connectivity index (χ4n) is 1.04. The number of nitrogens with zero attached hydrogens (tertiary/aromatic N) is 1. The summed E-state index contributed by atoms with van der Waals surface area (Å²) in [5, 5.41) is 28.2. The fourth-order valence-corrected chi connectivity index (χ4v) is 1.55. The van der Waals surface area contributed by atoms with E-state index < -0.39 is 5.54 Å². The molecule has 0 aliphatic heterocycles. The zero-order chi connectivity index (χ0) is 13.1. The lowest BCUT2D eigenvalue weighted by Gasteiger charge is -2.18. The van der Waals surface area contributed by atoms with Gasteiger partial charge < -0.3 is 15.3 Å². The summed E-state index contributed by atoms with van der Waals surface area (Å²) >= 11 is 11.5. The molecule has 0 unspecified atom stereocenters. The molecule has 0 aromatic heterocycles. The molecule has 17 heavy (non-hydrogen) atoms. The van der Waals surface area contributed by atoms with Crippen LogP contribution in [0.25, 0.3) is 0 Å². The molecule has 0 heterocycles. The van der Waals surface area contributed by atoms with Crippen LogP contribution in [0.15, 0.2) is 17.1 Å². The Morgan fingerprint density at radius 1 is 1.29 bits per heavy atom. The first-order chi connectivity index (χ1) is 7.91. The number of aliphatic imine (C=N–C) groups is 1. The molecule has 1 aromatic carbocycles. The lowest BCUT2D eigenvalue weighted by atomic mass is 10.1. The lowest BCUT2D eigenvalue weighted by Crippen LogP contribution is -2.31. The van der Waals surface area contributed by atoms with E-state index in [9.17, 15) is 5.11 Å². The maximum Gasteiger partial charge on any atom is 0.143 e. The Morgan fingerprint density at radius 2 is 1.88 bits per heavy atom. The van der Waals surface area contributed by atoms with Crippen LogP contribution in [0.2, 0.25) is 10.0 Å². The van der Waals surface area contributed by atoms with E-state index in [0.717, 1.165) is 0 Å². The van der Waals surface area contributed by atoms with Crippen molar-refractivity contribution in [3.63, 3.8) is 0 Å². The van der Waals surface area contributed by atoms with Gasteiger partial charge in [-0.15, -0.1) is 0 Å². The van der Waals surface area contributed by atoms with Crippen LogP contribution in [0.1, 0.15) is 12.5 Å². The Bertz CT molecular complexity index is 431. The Hall–Kier alpha value is -0.810. The third-order valence-electron chi connectivity index (χ3n) is 2.25. The van der Waals surface area contributed by atoms with Gasteiger partial charge in [-0.2, -0.15) is 0 Å². The molecule has 0 atom stereocenters. The molecule has 1 rings (SSSR count). The highest BCUT2D eigenvalue weighted by atomic mass is 35.5. The second-order valence-corrected chi connectivity index (χ2v) is 4.74. The zero-order valence-electron chi connectivity index (χ0n) is 9.19. The van der Waals surface area contributed by atoms with Crippen molar-refractivity contribution in [1.82, 2.24) is 0 Å². The first-order valence-corrected chi connectivity index (χ1v) is 5.62. The highest BCUT2D eigenvalue weighted by Crippen LogP contribution is 2.30. The fraction of sp³-hybridized carbons (Fsp3) is 0.364. The number of hydrogen-bond acceptors (Lipinski definition) is 4. The average Bonchev–Trinajstić information content (AvgIpc) is 2.31. The molecule has 0 aliphatic carbocycles. The van der Waals surface area contributed by atoms with Crippen LogP contribution in [-0.4, -0.2) is 40.3 Å². The molecule has 0 fully saturated rings. The summed E-state index contributed by atoms with van der Waals surface area (Å²) in [6.45, 7) is 0.955. The molecule has 0 saturated carbocycles. The summed E-state index contributed by atoms with van der Waals surface area (Å²) in [4.78, 5) is 4.00. The van der Waals surface area contributed by atoms with Crippen LogP contribution < -0.4 is 0 Å². The van der Waals surface area contributed by atoms with Crippen molar-refractivity contribution < 1.29 is 15.3 Å². The van der Waals surface area contributed by atoms with Gasteiger partial charge in [0.05, 0.1) is 18.2 Å². The van der Waals surface area contributed by atoms with E-state index in [1.807, 2.05) is 0 Å². The second-order valence-electron chi connectivity index (χ2n) is 3.90. The predicted octanol–water partition coefficient (Wildman–Crippen LogP) is 1.86. The van der Waals surface area contributed by atoms with Crippen LogP contribution >= 0.6 is 23.2 Å². The van der Waals surface area contributed by atoms with Crippen molar-refractivity contribution in [1.29, 1.82) is 0 Å². The van der Waals surface area contributed by atoms with Gasteiger partial charge in [0.2, 0.25) is 0 Å². The van der Waals surface area contributed by atoms with Crippen molar-refractivity contribution in [3.8, 4) is 5.75 Å². The highest BCUT2D eigenvalue weighted by Gasteiger charge is 2.20. The van der Waals surface area contributed by atoms with E-state index in [0.29, 0.717) is 10.6 Å². The molecule has 94 valence electrons. The minimum Gasteiger partial charge on any atom is -0.506 e. The molecule has 6 heteroatoms. The first-order valence-electron chi connectivity index (χ1n) is 4.87. The minimum atomic E-state index is -0.999. The number of phenols is 1. The summed E-state index contributed by atoms with van der Waals surface area (Å²) < 4.78 is 0. The van der Waals surface area contributed by atoms with E-state index >= 15 is 0 Å². The molecule has 0 spiro atoms. The van der Waals surface area contributed by atoms with Crippen LogP contribution in [0, 0.1) is 0 Å². The standard InChI is InChI=1S/C11H13Cl2NO3/c1-11(5-15,6-16)14-4-7-2-8(12)3-9(13)10(7)17/h2-4,15-17H,5-6H2,1H3. The highest BCUT2D eigenvalue weighted by molar-refractivity contribution is 6.36. The largest absolute Gasteiger partial charge is 0.506 e. The Morgan fingerprint density at radius 3 is 2.41 bits per heavy atom. The minimum absolute atomic E-state index is 0.119. The molecular formula is C11H13Cl2NO3. The van der Waals surface area contributed by atoms with Crippen molar-refractivity contribution in [2.75, 3.05) is 13.2 Å². The Labute approximate surface area is 109 Å². The van der Waals surface area contributed by atoms with Gasteiger partial charge >= 0.3 is 0 Å². The van der Waals surface area contributed by atoms with Crippen molar-refractivity contribution >= 4 is 29.4 Å². The van der Waals surface area contributed by atoms with Gasteiger partial charge in [-0.05, 0) is 19.1 Å². The molecule has 3 N–H and O–H groups in total. The molecule has 1 aromatic rings. The van der Waals surface area contributed by atoms with E-state index in [1.54, 1.807) is 6.92 Å². The first kappa shape index (κ1) is 14.3. The van der Waals surface area contributed by atoms with E-state index in [4.69, 9.17) is 33.4 Å². The maximum atomic E-state index is 9.66. The Kier molecular flexibility index (Phi) is 4.77. The predicted molar refractivity (Wildman–Crippen MR) is 68.3 cm³/mol. The third-order valence-corrected chi connectivity index (χ3v) is 2.76. The number of aliphatic hydroxyl groups is 2. The lowest BCUT2D eigenvalue weighted by molar-refractivity contribution is 0.136. The number of hydrogen-bond donors (Lipinski definition) is 3. The zero-order valence-corrected chi connectivity index (χ0v) is 10.7. The number of halogens is 2. The van der Waals surface area contributed by atoms with Gasteiger partial charge in [-0.25, -0.2) is 0 Å². The van der Waals surface area contributed by atoms with Gasteiger partial charge in [0.1, 0.15) is 11.3 Å². The van der Waals surface area contributed by atoms with Crippen molar-refractivity contribution in [2.45, 2.75) is 12.5 Å². The SMILES string of the molecule is CC(CO)(CO)N=Cc1cc(Cl)cc(Cl)c1O. The summed E-state index contributed by atoms with van der Waals surface area (Å²) in [6.07, 6.45) is 1.32. The summed E-state index contributed by atoms with van der Waals surface area (Å²) in [5.41, 5.74) is -0.669. The summed E-state index contributed by atoms with van der Waals surface area (Å²) in [5.74, 6) is -0.141. The van der Waals surface area contributed by atoms with Gasteiger partial charge in [0.15, 0.2) is 0 Å². The van der Waals surface area contributed by atoms with Crippen LogP contribution in [0.4, 0.5) is 0 Å². The summed E-state index contributed by atoms with van der Waals surface area (Å²) in [6, 6.07) is 2.90. The molecule has 0 amide bonds. The smallest absolute Gasteiger partial charge is 0.143 e. The van der Waals surface area contributed by atoms with Crippen LogP contribution in [0.3, 0.4) is 0 Å². The topological polar surface area (TPSA) is 73.0 Å². The maximum absolute atomic E-state index is 9.66. The normalized spacial score (nSPS) is 12.3. The molecule has 0 bridgehead atoms. The number of phenolic OH excluding ortho intramolecular Hbond substituents is 1. The second kappa shape index (κ2) is 5.69. The Balaban J connectivity index is 3.07. The molecule has 0 aliphatic rings. The van der Waals surface area contributed by atoms with E-state index in [-0.39, 0.29) is 24.0 Å². The molecular weight excluding hydrogens is 265 g/mol. The number of aliphatic hydroxyl groups excluding tert-OH is 2. The number of rotatable bonds is 4. The monoisotopic (exact) mass is 277 g/mol. The van der Waals surface area contributed by atoms with Gasteiger partial charge in [-0.1, -0.05) is 23.2 Å². The van der Waals surface area contributed by atoms with Crippen LogP contribution in [0.5, 0.6) is 5.75 Å².